The van der Waals surface area contributed by atoms with E-state index in [2.05, 4.69) is 106 Å². The van der Waals surface area contributed by atoms with Gasteiger partial charge in [-0.15, -0.1) is 9.13 Å². The average Bonchev–Trinajstić information content (AvgIpc) is 3.21. The molecule has 0 saturated heterocycles. The lowest BCUT2D eigenvalue weighted by Crippen LogP contribution is -2.80. The summed E-state index contributed by atoms with van der Waals surface area (Å²) in [6.07, 6.45) is 7.35. The molecule has 2 aromatic heterocycles. The Balaban J connectivity index is 1.46. The largest absolute Gasteiger partial charge is 0.393 e. The molecule has 9 rings (SSSR count). The summed E-state index contributed by atoms with van der Waals surface area (Å²) >= 11 is 0. The minimum atomic E-state index is -0.278. The van der Waals surface area contributed by atoms with Gasteiger partial charge in [0.1, 0.15) is 12.0 Å². The molecule has 170 valence electrons. The number of fused-ring (bicyclic) bond motifs is 6. The Hall–Kier alpha value is -4.04. The van der Waals surface area contributed by atoms with Crippen LogP contribution >= 0.6 is 0 Å². The maximum absolute atomic E-state index is 2.73. The van der Waals surface area contributed by atoms with Crippen LogP contribution < -0.4 is 9.13 Å². The zero-order valence-electron chi connectivity index (χ0n) is 20.2. The van der Waals surface area contributed by atoms with Crippen molar-refractivity contribution in [1.29, 1.82) is 0 Å². The van der Waals surface area contributed by atoms with Crippen LogP contribution in [0.4, 0.5) is 0 Å². The molecule has 5 aromatic rings. The smallest absolute Gasteiger partial charge is 0.134 e. The van der Waals surface area contributed by atoms with E-state index in [1.165, 1.54) is 50.5 Å². The lowest BCUT2D eigenvalue weighted by atomic mass is 9.74. The van der Waals surface area contributed by atoms with E-state index in [9.17, 15) is 0 Å². The number of hydrogen-bond donors (Lipinski definition) is 0. The van der Waals surface area contributed by atoms with E-state index < -0.39 is 0 Å². The van der Waals surface area contributed by atoms with Crippen molar-refractivity contribution in [2.45, 2.75) is 37.8 Å². The summed E-state index contributed by atoms with van der Waals surface area (Å²) in [6, 6.07) is 34.5. The number of nitrogens with zero attached hydrogens (tertiary/aromatic N) is 2. The van der Waals surface area contributed by atoms with Crippen LogP contribution in [0.15, 0.2) is 97.2 Å². The Labute approximate surface area is 211 Å². The van der Waals surface area contributed by atoms with Crippen LogP contribution in [0.2, 0.25) is 0 Å². The second-order valence-electron chi connectivity index (χ2n) is 10.9. The number of aromatic nitrogens is 2. The van der Waals surface area contributed by atoms with Crippen molar-refractivity contribution < 1.29 is 9.13 Å². The fraction of sp³-hybridized carbons (Fsp3) is 0.176. The maximum atomic E-state index is 2.73. The van der Waals surface area contributed by atoms with Gasteiger partial charge in [-0.2, -0.15) is 0 Å². The molecular formula is C34H26N2+2. The summed E-state index contributed by atoms with van der Waals surface area (Å²) in [6.45, 7) is 0. The van der Waals surface area contributed by atoms with Gasteiger partial charge in [0.2, 0.25) is 0 Å². The quantitative estimate of drug-likeness (QED) is 0.280. The fourth-order valence-electron chi connectivity index (χ4n) is 7.91. The highest BCUT2D eigenvalue weighted by atomic mass is 15.3. The van der Waals surface area contributed by atoms with Crippen molar-refractivity contribution in [2.24, 2.45) is 0 Å². The second-order valence-corrected chi connectivity index (χ2v) is 10.9. The standard InChI is InChI=1S/C34H26N2/c1-2-10-24-21-34-33-25(17-26-11-5-6-15-35(26)34)19-30-29-14-4-3-9-23(29)18-31(30)32(33)20-28-13-7-12-27(36(28)34)16-22(24)8-1/h1-15,19H,16-18,20-21H2/q+2/t34-/m1/s1. The van der Waals surface area contributed by atoms with Gasteiger partial charge >= 0.3 is 5.66 Å². The van der Waals surface area contributed by atoms with Gasteiger partial charge < -0.3 is 0 Å². The van der Waals surface area contributed by atoms with Crippen LogP contribution in [0, 0.1) is 0 Å². The topological polar surface area (TPSA) is 7.76 Å². The summed E-state index contributed by atoms with van der Waals surface area (Å²) in [7, 11) is 0. The highest BCUT2D eigenvalue weighted by Crippen LogP contribution is 2.47. The van der Waals surface area contributed by atoms with Crippen molar-refractivity contribution in [3.8, 4) is 11.1 Å². The molecule has 0 radical (unpaired) electrons. The maximum Gasteiger partial charge on any atom is 0.393 e. The van der Waals surface area contributed by atoms with Crippen molar-refractivity contribution in [3.63, 3.8) is 0 Å². The molecule has 2 nitrogen and oxygen atoms in total. The van der Waals surface area contributed by atoms with Gasteiger partial charge in [0.05, 0.1) is 19.3 Å². The zero-order chi connectivity index (χ0) is 23.4. The van der Waals surface area contributed by atoms with Gasteiger partial charge in [-0.3, -0.25) is 0 Å². The summed E-state index contributed by atoms with van der Waals surface area (Å²) in [5.74, 6) is 0. The first kappa shape index (κ1) is 19.2. The third-order valence-electron chi connectivity index (χ3n) is 9.23. The van der Waals surface area contributed by atoms with Crippen molar-refractivity contribution in [2.75, 3.05) is 0 Å². The predicted octanol–water partition coefficient (Wildman–Crippen LogP) is 5.04. The molecule has 0 fully saturated rings. The predicted molar refractivity (Wildman–Crippen MR) is 139 cm³/mol. The minimum absolute atomic E-state index is 0.278. The van der Waals surface area contributed by atoms with Crippen molar-refractivity contribution >= 4 is 0 Å². The van der Waals surface area contributed by atoms with E-state index in [0.717, 1.165) is 32.1 Å². The van der Waals surface area contributed by atoms with Gasteiger partial charge in [0.25, 0.3) is 0 Å². The van der Waals surface area contributed by atoms with E-state index in [4.69, 9.17) is 0 Å². The number of hydrogen-bond acceptors (Lipinski definition) is 0. The molecule has 5 heterocycles. The van der Waals surface area contributed by atoms with Gasteiger partial charge in [-0.05, 0) is 63.1 Å². The number of benzene rings is 3. The van der Waals surface area contributed by atoms with Crippen LogP contribution in [-0.4, -0.2) is 0 Å². The summed E-state index contributed by atoms with van der Waals surface area (Å²) in [5, 5.41) is 0. The Morgan fingerprint density at radius 1 is 0.528 bits per heavy atom. The lowest BCUT2D eigenvalue weighted by molar-refractivity contribution is -0.992. The third-order valence-corrected chi connectivity index (χ3v) is 9.23. The highest BCUT2D eigenvalue weighted by molar-refractivity contribution is 5.80. The molecule has 0 bridgehead atoms. The number of rotatable bonds is 0. The van der Waals surface area contributed by atoms with Gasteiger partial charge in [-0.1, -0.05) is 54.6 Å². The van der Waals surface area contributed by atoms with Crippen LogP contribution in [0.3, 0.4) is 0 Å². The molecule has 3 aliphatic heterocycles. The van der Waals surface area contributed by atoms with E-state index >= 15 is 0 Å². The van der Waals surface area contributed by atoms with Crippen molar-refractivity contribution in [1.82, 2.24) is 0 Å². The molecular weight excluding hydrogens is 436 g/mol. The first-order valence-electron chi connectivity index (χ1n) is 13.2. The van der Waals surface area contributed by atoms with E-state index in [0.29, 0.717) is 0 Å². The first-order chi connectivity index (χ1) is 17.8. The highest BCUT2D eigenvalue weighted by Gasteiger charge is 2.63. The molecule has 0 saturated carbocycles. The zero-order valence-corrected chi connectivity index (χ0v) is 20.2. The van der Waals surface area contributed by atoms with E-state index in [-0.39, 0.29) is 5.66 Å². The molecule has 2 heteroatoms. The summed E-state index contributed by atoms with van der Waals surface area (Å²) < 4.78 is 5.36. The van der Waals surface area contributed by atoms with Crippen LogP contribution in [0.25, 0.3) is 11.1 Å². The van der Waals surface area contributed by atoms with Crippen molar-refractivity contribution in [3.05, 3.63) is 153 Å². The Kier molecular flexibility index (Phi) is 3.51. The second kappa shape index (κ2) is 6.59. The Morgan fingerprint density at radius 2 is 1.25 bits per heavy atom. The molecule has 0 amide bonds. The third kappa shape index (κ3) is 2.24. The first-order valence-corrected chi connectivity index (χ1v) is 13.2. The van der Waals surface area contributed by atoms with Gasteiger partial charge in [0.15, 0.2) is 23.3 Å². The Morgan fingerprint density at radius 3 is 2.17 bits per heavy atom. The normalized spacial score (nSPS) is 19.2. The van der Waals surface area contributed by atoms with Crippen LogP contribution in [0.1, 0.15) is 56.0 Å². The molecule has 0 N–H and O–H groups in total. The molecule has 1 aliphatic carbocycles. The summed E-state index contributed by atoms with van der Waals surface area (Å²) in [4.78, 5) is 0. The Bertz CT molecular complexity index is 1780. The lowest BCUT2D eigenvalue weighted by Gasteiger charge is -2.36. The van der Waals surface area contributed by atoms with Crippen LogP contribution in [0.5, 0.6) is 0 Å². The molecule has 4 aliphatic rings. The molecule has 1 atom stereocenters. The number of pyridine rings is 2. The summed E-state index contributed by atoms with van der Waals surface area (Å²) in [5.41, 5.74) is 17.5. The minimum Gasteiger partial charge on any atom is -0.134 e. The molecule has 1 spiro atoms. The van der Waals surface area contributed by atoms with Gasteiger partial charge in [-0.25, -0.2) is 0 Å². The van der Waals surface area contributed by atoms with Gasteiger partial charge in [0, 0.05) is 24.3 Å². The SMILES string of the molecule is c1ccc2c(c1)Cc1cccc3[n+]1[C@]1(C2)c2c(cc4c(c2C3)Cc2ccccc2-4)Cc2cccc[n+]21. The fourth-order valence-corrected chi connectivity index (χ4v) is 7.91. The van der Waals surface area contributed by atoms with E-state index in [1.54, 1.807) is 16.7 Å². The molecule has 3 aromatic carbocycles. The molecule has 36 heavy (non-hydrogen) atoms. The average molecular weight is 463 g/mol. The van der Waals surface area contributed by atoms with Crippen LogP contribution in [-0.2, 0) is 37.8 Å². The molecule has 0 unspecified atom stereocenters. The van der Waals surface area contributed by atoms with E-state index in [1.807, 2.05) is 0 Å². The monoisotopic (exact) mass is 462 g/mol.